The van der Waals surface area contributed by atoms with Crippen molar-refractivity contribution < 1.29 is 9.53 Å². The SMILES string of the molecule is CC1CCC(C(C)C)C(OC(=O)c2cccnc2)C1. The first kappa shape index (κ1) is 14.0. The first-order valence-corrected chi connectivity index (χ1v) is 7.19. The van der Waals surface area contributed by atoms with Crippen LogP contribution in [0.2, 0.25) is 0 Å². The van der Waals surface area contributed by atoms with E-state index in [1.807, 2.05) is 0 Å². The van der Waals surface area contributed by atoms with Crippen LogP contribution < -0.4 is 0 Å². The molecule has 1 aromatic heterocycles. The lowest BCUT2D eigenvalue weighted by Gasteiger charge is -2.36. The summed E-state index contributed by atoms with van der Waals surface area (Å²) in [4.78, 5) is 16.1. The largest absolute Gasteiger partial charge is 0.458 e. The minimum Gasteiger partial charge on any atom is -0.458 e. The van der Waals surface area contributed by atoms with Crippen molar-refractivity contribution in [2.75, 3.05) is 0 Å². The Morgan fingerprint density at radius 1 is 1.42 bits per heavy atom. The minimum atomic E-state index is -0.238. The highest BCUT2D eigenvalue weighted by Crippen LogP contribution is 2.35. The lowest BCUT2D eigenvalue weighted by Crippen LogP contribution is -2.35. The van der Waals surface area contributed by atoms with Crippen LogP contribution in [0.1, 0.15) is 50.4 Å². The maximum Gasteiger partial charge on any atom is 0.339 e. The molecule has 2 rings (SSSR count). The van der Waals surface area contributed by atoms with Gasteiger partial charge in [-0.25, -0.2) is 4.79 Å². The summed E-state index contributed by atoms with van der Waals surface area (Å²) in [5, 5.41) is 0. The number of carbonyl (C=O) groups is 1. The molecule has 1 saturated carbocycles. The quantitative estimate of drug-likeness (QED) is 0.779. The van der Waals surface area contributed by atoms with Gasteiger partial charge in [0.05, 0.1) is 5.56 Å². The minimum absolute atomic E-state index is 0.0523. The van der Waals surface area contributed by atoms with Crippen LogP contribution in [0.5, 0.6) is 0 Å². The predicted octanol–water partition coefficient (Wildman–Crippen LogP) is 3.70. The van der Waals surface area contributed by atoms with Crippen molar-refractivity contribution in [2.24, 2.45) is 17.8 Å². The van der Waals surface area contributed by atoms with Crippen LogP contribution in [0.3, 0.4) is 0 Å². The van der Waals surface area contributed by atoms with Crippen molar-refractivity contribution in [1.29, 1.82) is 0 Å². The summed E-state index contributed by atoms with van der Waals surface area (Å²) >= 11 is 0. The van der Waals surface area contributed by atoms with Gasteiger partial charge < -0.3 is 4.74 Å². The predicted molar refractivity (Wildman–Crippen MR) is 74.8 cm³/mol. The summed E-state index contributed by atoms with van der Waals surface area (Å²) < 4.78 is 5.74. The number of esters is 1. The van der Waals surface area contributed by atoms with Crippen LogP contribution in [0.4, 0.5) is 0 Å². The van der Waals surface area contributed by atoms with Gasteiger partial charge in [0, 0.05) is 12.4 Å². The molecule has 1 aromatic rings. The Hall–Kier alpha value is -1.38. The molecule has 1 aliphatic rings. The Balaban J connectivity index is 2.04. The highest BCUT2D eigenvalue weighted by molar-refractivity contribution is 5.89. The second-order valence-corrected chi connectivity index (χ2v) is 6.01. The molecule has 0 saturated heterocycles. The van der Waals surface area contributed by atoms with E-state index in [1.165, 1.54) is 6.42 Å². The van der Waals surface area contributed by atoms with Crippen LogP contribution in [-0.4, -0.2) is 17.1 Å². The smallest absolute Gasteiger partial charge is 0.339 e. The van der Waals surface area contributed by atoms with Crippen molar-refractivity contribution in [1.82, 2.24) is 4.98 Å². The van der Waals surface area contributed by atoms with Gasteiger partial charge in [-0.2, -0.15) is 0 Å². The molecule has 0 aromatic carbocycles. The van der Waals surface area contributed by atoms with Gasteiger partial charge in [0.25, 0.3) is 0 Å². The molecule has 104 valence electrons. The average molecular weight is 261 g/mol. The summed E-state index contributed by atoms with van der Waals surface area (Å²) in [6.45, 7) is 6.67. The Morgan fingerprint density at radius 3 is 2.84 bits per heavy atom. The lowest BCUT2D eigenvalue weighted by atomic mass is 9.75. The number of ether oxygens (including phenoxy) is 1. The summed E-state index contributed by atoms with van der Waals surface area (Å²) in [7, 11) is 0. The standard InChI is InChI=1S/C16H23NO2/c1-11(2)14-7-6-12(3)9-15(14)19-16(18)13-5-4-8-17-10-13/h4-5,8,10-12,14-15H,6-7,9H2,1-3H3. The third-order valence-corrected chi connectivity index (χ3v) is 4.12. The first-order chi connectivity index (χ1) is 9.08. The van der Waals surface area contributed by atoms with Crippen LogP contribution in [-0.2, 0) is 4.74 Å². The van der Waals surface area contributed by atoms with Gasteiger partial charge in [0.1, 0.15) is 6.10 Å². The van der Waals surface area contributed by atoms with Crippen molar-refractivity contribution in [3.05, 3.63) is 30.1 Å². The van der Waals surface area contributed by atoms with E-state index < -0.39 is 0 Å². The molecular formula is C16H23NO2. The Kier molecular flexibility index (Phi) is 4.56. The van der Waals surface area contributed by atoms with Gasteiger partial charge >= 0.3 is 5.97 Å². The molecule has 1 fully saturated rings. The molecule has 3 nitrogen and oxygen atoms in total. The van der Waals surface area contributed by atoms with E-state index in [1.54, 1.807) is 24.5 Å². The van der Waals surface area contributed by atoms with Gasteiger partial charge in [0.2, 0.25) is 0 Å². The summed E-state index contributed by atoms with van der Waals surface area (Å²) in [5.41, 5.74) is 0.545. The number of pyridine rings is 1. The zero-order valence-corrected chi connectivity index (χ0v) is 12.0. The molecule has 1 heterocycles. The molecule has 3 atom stereocenters. The van der Waals surface area contributed by atoms with Crippen LogP contribution in [0.25, 0.3) is 0 Å². The molecule has 3 heteroatoms. The molecule has 0 N–H and O–H groups in total. The maximum atomic E-state index is 12.1. The van der Waals surface area contributed by atoms with E-state index in [0.29, 0.717) is 23.3 Å². The first-order valence-electron chi connectivity index (χ1n) is 7.19. The summed E-state index contributed by atoms with van der Waals surface area (Å²) in [5.74, 6) is 1.44. The molecule has 0 radical (unpaired) electrons. The fourth-order valence-electron chi connectivity index (χ4n) is 2.94. The Labute approximate surface area is 115 Å². The van der Waals surface area contributed by atoms with Gasteiger partial charge in [-0.15, -0.1) is 0 Å². The molecule has 0 spiro atoms. The van der Waals surface area contributed by atoms with E-state index in [2.05, 4.69) is 25.8 Å². The van der Waals surface area contributed by atoms with E-state index in [0.717, 1.165) is 12.8 Å². The number of aromatic nitrogens is 1. The van der Waals surface area contributed by atoms with Crippen molar-refractivity contribution in [3.8, 4) is 0 Å². The van der Waals surface area contributed by atoms with E-state index in [9.17, 15) is 4.79 Å². The second kappa shape index (κ2) is 6.18. The molecule has 0 bridgehead atoms. The van der Waals surface area contributed by atoms with Gasteiger partial charge in [0.15, 0.2) is 0 Å². The van der Waals surface area contributed by atoms with E-state index in [-0.39, 0.29) is 12.1 Å². The molecule has 0 aliphatic heterocycles. The maximum absolute atomic E-state index is 12.1. The Bertz CT molecular complexity index is 416. The Morgan fingerprint density at radius 2 is 2.21 bits per heavy atom. The van der Waals surface area contributed by atoms with Crippen LogP contribution in [0.15, 0.2) is 24.5 Å². The normalized spacial score (nSPS) is 27.3. The number of rotatable bonds is 3. The number of carbonyl (C=O) groups excluding carboxylic acids is 1. The van der Waals surface area contributed by atoms with E-state index >= 15 is 0 Å². The summed E-state index contributed by atoms with van der Waals surface area (Å²) in [6, 6.07) is 3.52. The number of hydrogen-bond donors (Lipinski definition) is 0. The monoisotopic (exact) mass is 261 g/mol. The molecular weight excluding hydrogens is 238 g/mol. The zero-order chi connectivity index (χ0) is 13.8. The third-order valence-electron chi connectivity index (χ3n) is 4.12. The molecule has 19 heavy (non-hydrogen) atoms. The fraction of sp³-hybridized carbons (Fsp3) is 0.625. The highest BCUT2D eigenvalue weighted by atomic mass is 16.5. The van der Waals surface area contributed by atoms with Gasteiger partial charge in [-0.05, 0) is 42.7 Å². The summed E-state index contributed by atoms with van der Waals surface area (Å²) in [6.07, 6.45) is 6.66. The third kappa shape index (κ3) is 3.55. The lowest BCUT2D eigenvalue weighted by molar-refractivity contribution is -0.0174. The molecule has 0 amide bonds. The van der Waals surface area contributed by atoms with Crippen molar-refractivity contribution in [3.63, 3.8) is 0 Å². The van der Waals surface area contributed by atoms with Gasteiger partial charge in [-0.1, -0.05) is 27.2 Å². The van der Waals surface area contributed by atoms with E-state index in [4.69, 9.17) is 4.74 Å². The van der Waals surface area contributed by atoms with Gasteiger partial charge in [-0.3, -0.25) is 4.98 Å². The van der Waals surface area contributed by atoms with Crippen molar-refractivity contribution >= 4 is 5.97 Å². The van der Waals surface area contributed by atoms with Crippen LogP contribution in [0, 0.1) is 17.8 Å². The molecule has 3 unspecified atom stereocenters. The number of hydrogen-bond acceptors (Lipinski definition) is 3. The zero-order valence-electron chi connectivity index (χ0n) is 12.0. The second-order valence-electron chi connectivity index (χ2n) is 6.01. The molecule has 1 aliphatic carbocycles. The highest BCUT2D eigenvalue weighted by Gasteiger charge is 2.33. The topological polar surface area (TPSA) is 39.2 Å². The van der Waals surface area contributed by atoms with Crippen LogP contribution >= 0.6 is 0 Å². The fourth-order valence-corrected chi connectivity index (χ4v) is 2.94. The van der Waals surface area contributed by atoms with Crippen molar-refractivity contribution in [2.45, 2.75) is 46.1 Å². The number of nitrogens with zero attached hydrogens (tertiary/aromatic N) is 1. The average Bonchev–Trinajstić information content (AvgIpc) is 2.39.